The highest BCUT2D eigenvalue weighted by molar-refractivity contribution is 5.96. The van der Waals surface area contributed by atoms with Crippen LogP contribution in [0.4, 0.5) is 13.2 Å². The van der Waals surface area contributed by atoms with Gasteiger partial charge >= 0.3 is 12.1 Å². The maximum Gasteiger partial charge on any atom is 0.416 e. The predicted molar refractivity (Wildman–Crippen MR) is 81.0 cm³/mol. The zero-order valence-electron chi connectivity index (χ0n) is 13.2. The second-order valence-corrected chi connectivity index (χ2v) is 5.86. The minimum absolute atomic E-state index is 0.0416. The van der Waals surface area contributed by atoms with E-state index >= 15 is 0 Å². The van der Waals surface area contributed by atoms with Crippen LogP contribution in [-0.4, -0.2) is 28.4 Å². The second-order valence-electron chi connectivity index (χ2n) is 5.86. The lowest BCUT2D eigenvalue weighted by Gasteiger charge is -2.22. The van der Waals surface area contributed by atoms with Gasteiger partial charge in [-0.15, -0.1) is 0 Å². The molecule has 2 rings (SSSR count). The van der Waals surface area contributed by atoms with Crippen molar-refractivity contribution in [2.75, 3.05) is 6.54 Å². The summed E-state index contributed by atoms with van der Waals surface area (Å²) in [4.78, 5) is 24.7. The van der Waals surface area contributed by atoms with Crippen molar-refractivity contribution < 1.29 is 27.9 Å². The Bertz CT molecular complexity index is 663. The molecule has 1 aliphatic rings. The van der Waals surface area contributed by atoms with Crippen LogP contribution in [0.3, 0.4) is 0 Å². The van der Waals surface area contributed by atoms with Crippen molar-refractivity contribution in [1.82, 2.24) is 4.90 Å². The van der Waals surface area contributed by atoms with Crippen molar-refractivity contribution in [1.29, 1.82) is 0 Å². The van der Waals surface area contributed by atoms with Crippen LogP contribution in [-0.2, 0) is 22.3 Å². The first kappa shape index (κ1) is 18.0. The van der Waals surface area contributed by atoms with Crippen LogP contribution in [0.15, 0.2) is 35.4 Å². The average Bonchev–Trinajstić information content (AvgIpc) is 2.91. The SMILES string of the molecule is CC1=C(C(=O)N(CC(=O)O)Cc2ccc(C(F)(F)F)cc2)CCC1. The minimum atomic E-state index is -4.43. The molecule has 1 aliphatic carbocycles. The van der Waals surface area contributed by atoms with E-state index in [9.17, 15) is 22.8 Å². The van der Waals surface area contributed by atoms with Gasteiger partial charge in [-0.2, -0.15) is 13.2 Å². The van der Waals surface area contributed by atoms with E-state index in [0.717, 1.165) is 35.4 Å². The molecular weight excluding hydrogens is 323 g/mol. The van der Waals surface area contributed by atoms with Gasteiger partial charge in [0.1, 0.15) is 6.54 Å². The normalized spacial score (nSPS) is 14.8. The number of hydrogen-bond donors (Lipinski definition) is 1. The molecule has 0 spiro atoms. The molecule has 130 valence electrons. The molecule has 24 heavy (non-hydrogen) atoms. The molecule has 0 heterocycles. The quantitative estimate of drug-likeness (QED) is 0.890. The van der Waals surface area contributed by atoms with Crippen LogP contribution < -0.4 is 0 Å². The van der Waals surface area contributed by atoms with Crippen molar-refractivity contribution in [3.8, 4) is 0 Å². The van der Waals surface area contributed by atoms with E-state index in [1.54, 1.807) is 0 Å². The van der Waals surface area contributed by atoms with E-state index in [-0.39, 0.29) is 12.5 Å². The number of carboxylic acid groups (broad SMARTS) is 1. The van der Waals surface area contributed by atoms with E-state index in [4.69, 9.17) is 5.11 Å². The van der Waals surface area contributed by atoms with Gasteiger partial charge in [0.15, 0.2) is 0 Å². The summed E-state index contributed by atoms with van der Waals surface area (Å²) in [5, 5.41) is 9.01. The molecule has 0 aliphatic heterocycles. The molecule has 1 aromatic rings. The Kier molecular flexibility index (Phi) is 5.31. The fourth-order valence-corrected chi connectivity index (χ4v) is 2.76. The topological polar surface area (TPSA) is 57.6 Å². The molecule has 0 aromatic heterocycles. The first-order valence-corrected chi connectivity index (χ1v) is 7.54. The number of hydrogen-bond acceptors (Lipinski definition) is 2. The van der Waals surface area contributed by atoms with Crippen molar-refractivity contribution in [3.05, 3.63) is 46.5 Å². The van der Waals surface area contributed by atoms with Crippen molar-refractivity contribution in [2.45, 2.75) is 38.9 Å². The summed E-state index contributed by atoms with van der Waals surface area (Å²) in [6.07, 6.45) is -2.16. The number of rotatable bonds is 5. The Morgan fingerprint density at radius 1 is 1.17 bits per heavy atom. The Hall–Kier alpha value is -2.31. The summed E-state index contributed by atoms with van der Waals surface area (Å²) in [5.74, 6) is -1.51. The Morgan fingerprint density at radius 3 is 2.25 bits per heavy atom. The zero-order chi connectivity index (χ0) is 17.9. The predicted octanol–water partition coefficient (Wildman–Crippen LogP) is 3.62. The van der Waals surface area contributed by atoms with Crippen molar-refractivity contribution >= 4 is 11.9 Å². The third kappa shape index (κ3) is 4.37. The van der Waals surface area contributed by atoms with Gasteiger partial charge in [-0.25, -0.2) is 0 Å². The van der Waals surface area contributed by atoms with Crippen LogP contribution in [0.5, 0.6) is 0 Å². The Labute approximate surface area is 137 Å². The maximum absolute atomic E-state index is 12.6. The molecule has 0 atom stereocenters. The summed E-state index contributed by atoms with van der Waals surface area (Å²) in [6, 6.07) is 4.39. The van der Waals surface area contributed by atoms with Crippen LogP contribution in [0.1, 0.15) is 37.3 Å². The van der Waals surface area contributed by atoms with Crippen LogP contribution >= 0.6 is 0 Å². The molecule has 0 fully saturated rings. The molecule has 1 N–H and O–H groups in total. The number of benzene rings is 1. The number of carbonyl (C=O) groups is 2. The second kappa shape index (κ2) is 7.07. The smallest absolute Gasteiger partial charge is 0.416 e. The van der Waals surface area contributed by atoms with Gasteiger partial charge in [-0.3, -0.25) is 9.59 Å². The molecule has 0 radical (unpaired) electrons. The minimum Gasteiger partial charge on any atom is -0.480 e. The van der Waals surface area contributed by atoms with Crippen molar-refractivity contribution in [2.24, 2.45) is 0 Å². The lowest BCUT2D eigenvalue weighted by atomic mass is 10.1. The number of amides is 1. The van der Waals surface area contributed by atoms with E-state index in [0.29, 0.717) is 17.6 Å². The number of nitrogens with zero attached hydrogens (tertiary/aromatic N) is 1. The Balaban J connectivity index is 2.18. The summed E-state index contributed by atoms with van der Waals surface area (Å²) < 4.78 is 37.7. The van der Waals surface area contributed by atoms with Gasteiger partial charge in [-0.05, 0) is 43.9 Å². The van der Waals surface area contributed by atoms with E-state index in [1.165, 1.54) is 12.1 Å². The van der Waals surface area contributed by atoms with E-state index < -0.39 is 24.3 Å². The van der Waals surface area contributed by atoms with Gasteiger partial charge in [0.05, 0.1) is 5.56 Å². The van der Waals surface area contributed by atoms with Gasteiger partial charge < -0.3 is 10.0 Å². The lowest BCUT2D eigenvalue weighted by Crippen LogP contribution is -2.36. The molecule has 0 unspecified atom stereocenters. The number of allylic oxidation sites excluding steroid dienone is 1. The first-order valence-electron chi connectivity index (χ1n) is 7.54. The van der Waals surface area contributed by atoms with E-state index in [1.807, 2.05) is 6.92 Å². The van der Waals surface area contributed by atoms with E-state index in [2.05, 4.69) is 0 Å². The molecule has 0 saturated carbocycles. The Morgan fingerprint density at radius 2 is 1.79 bits per heavy atom. The highest BCUT2D eigenvalue weighted by atomic mass is 19.4. The monoisotopic (exact) mass is 341 g/mol. The lowest BCUT2D eigenvalue weighted by molar-refractivity contribution is -0.143. The zero-order valence-corrected chi connectivity index (χ0v) is 13.2. The number of halogens is 3. The summed E-state index contributed by atoms with van der Waals surface area (Å²) >= 11 is 0. The number of aliphatic carboxylic acids is 1. The molecule has 7 heteroatoms. The van der Waals surface area contributed by atoms with Crippen LogP contribution in [0.25, 0.3) is 0 Å². The van der Waals surface area contributed by atoms with Gasteiger partial charge in [0, 0.05) is 12.1 Å². The average molecular weight is 341 g/mol. The number of carboxylic acids is 1. The van der Waals surface area contributed by atoms with Gasteiger partial charge in [0.2, 0.25) is 0 Å². The molecule has 1 aromatic carbocycles. The summed E-state index contributed by atoms with van der Waals surface area (Å²) in [5.41, 5.74) is 1.23. The molecule has 1 amide bonds. The fraction of sp³-hybridized carbons (Fsp3) is 0.412. The molecule has 0 saturated heterocycles. The van der Waals surface area contributed by atoms with Crippen molar-refractivity contribution in [3.63, 3.8) is 0 Å². The largest absolute Gasteiger partial charge is 0.480 e. The fourth-order valence-electron chi connectivity index (χ4n) is 2.76. The van der Waals surface area contributed by atoms with Gasteiger partial charge in [0.25, 0.3) is 5.91 Å². The molecule has 0 bridgehead atoms. The highest BCUT2D eigenvalue weighted by Crippen LogP contribution is 2.30. The molecule has 4 nitrogen and oxygen atoms in total. The first-order chi connectivity index (χ1) is 11.2. The highest BCUT2D eigenvalue weighted by Gasteiger charge is 2.30. The summed E-state index contributed by atoms with van der Waals surface area (Å²) in [7, 11) is 0. The third-order valence-electron chi connectivity index (χ3n) is 4.02. The third-order valence-corrected chi connectivity index (χ3v) is 4.02. The number of carbonyl (C=O) groups excluding carboxylic acids is 1. The molecular formula is C17H18F3NO3. The summed E-state index contributed by atoms with van der Waals surface area (Å²) in [6.45, 7) is 1.31. The standard InChI is InChI=1S/C17H18F3NO3/c1-11-3-2-4-14(11)16(24)21(10-15(22)23)9-12-5-7-13(8-6-12)17(18,19)20/h5-8H,2-4,9-10H2,1H3,(H,22,23). The van der Waals surface area contributed by atoms with Gasteiger partial charge in [-0.1, -0.05) is 17.7 Å². The van der Waals surface area contributed by atoms with Crippen LogP contribution in [0, 0.1) is 0 Å². The van der Waals surface area contributed by atoms with Crippen LogP contribution in [0.2, 0.25) is 0 Å². The maximum atomic E-state index is 12.6. The number of alkyl halides is 3.